The number of rotatable bonds is 4. The third kappa shape index (κ3) is 3.76. The van der Waals surface area contributed by atoms with Crippen molar-refractivity contribution in [2.75, 3.05) is 24.6 Å². The van der Waals surface area contributed by atoms with Gasteiger partial charge in [-0.25, -0.2) is 4.98 Å². The molecule has 1 saturated carbocycles. The van der Waals surface area contributed by atoms with Crippen molar-refractivity contribution < 1.29 is 4.74 Å². The van der Waals surface area contributed by atoms with Gasteiger partial charge in [0.1, 0.15) is 0 Å². The normalized spacial score (nSPS) is 23.6. The van der Waals surface area contributed by atoms with E-state index in [9.17, 15) is 0 Å². The molecule has 1 aromatic rings. The minimum atomic E-state index is 0.104. The summed E-state index contributed by atoms with van der Waals surface area (Å²) in [6.07, 6.45) is 2.96. The number of ether oxygens (including phenoxy) is 1. The smallest absolute Gasteiger partial charge is 0.186 e. The van der Waals surface area contributed by atoms with Gasteiger partial charge in [-0.05, 0) is 19.8 Å². The lowest BCUT2D eigenvalue weighted by Gasteiger charge is -2.30. The molecule has 2 fully saturated rings. The van der Waals surface area contributed by atoms with Crippen molar-refractivity contribution in [2.24, 2.45) is 0 Å². The summed E-state index contributed by atoms with van der Waals surface area (Å²) in [5.41, 5.74) is 1.36. The maximum absolute atomic E-state index is 5.64. The van der Waals surface area contributed by atoms with E-state index in [0.717, 1.165) is 32.3 Å². The first-order valence-corrected chi connectivity index (χ1v) is 8.85. The summed E-state index contributed by atoms with van der Waals surface area (Å²) < 4.78 is 5.64. The summed E-state index contributed by atoms with van der Waals surface area (Å²) in [4.78, 5) is 8.78. The summed E-state index contributed by atoms with van der Waals surface area (Å²) in [5.74, 6) is 0. The van der Waals surface area contributed by atoms with Gasteiger partial charge in [-0.3, -0.25) is 0 Å². The SMILES string of the molecule is CC1CN(c2nc(C(C)(C)C)c(CNC3CC3)s2)CCO1. The van der Waals surface area contributed by atoms with E-state index < -0.39 is 0 Å². The van der Waals surface area contributed by atoms with Crippen LogP contribution in [0.3, 0.4) is 0 Å². The molecule has 4 nitrogen and oxygen atoms in total. The van der Waals surface area contributed by atoms with Crippen LogP contribution in [0.1, 0.15) is 51.1 Å². The number of thiazole rings is 1. The Kier molecular flexibility index (Phi) is 4.26. The average molecular weight is 309 g/mol. The summed E-state index contributed by atoms with van der Waals surface area (Å²) in [7, 11) is 0. The van der Waals surface area contributed by atoms with Crippen molar-refractivity contribution in [2.45, 2.75) is 64.6 Å². The highest BCUT2D eigenvalue weighted by molar-refractivity contribution is 7.15. The third-order valence-electron chi connectivity index (χ3n) is 4.04. The summed E-state index contributed by atoms with van der Waals surface area (Å²) in [5, 5.41) is 4.81. The molecule has 0 bridgehead atoms. The minimum Gasteiger partial charge on any atom is -0.375 e. The predicted molar refractivity (Wildman–Crippen MR) is 88.3 cm³/mol. The van der Waals surface area contributed by atoms with Gasteiger partial charge in [0.2, 0.25) is 0 Å². The zero-order valence-electron chi connectivity index (χ0n) is 13.6. The van der Waals surface area contributed by atoms with Gasteiger partial charge in [0.25, 0.3) is 0 Å². The Balaban J connectivity index is 1.80. The minimum absolute atomic E-state index is 0.104. The summed E-state index contributed by atoms with van der Waals surface area (Å²) in [6, 6.07) is 0.742. The molecule has 1 saturated heterocycles. The molecule has 2 aliphatic rings. The molecule has 1 aliphatic carbocycles. The second-order valence-corrected chi connectivity index (χ2v) is 8.36. The third-order valence-corrected chi connectivity index (χ3v) is 5.15. The summed E-state index contributed by atoms with van der Waals surface area (Å²) in [6.45, 7) is 12.6. The van der Waals surface area contributed by atoms with E-state index in [4.69, 9.17) is 9.72 Å². The Hall–Kier alpha value is -0.650. The molecule has 0 amide bonds. The second-order valence-electron chi connectivity index (χ2n) is 7.30. The fraction of sp³-hybridized carbons (Fsp3) is 0.812. The van der Waals surface area contributed by atoms with E-state index >= 15 is 0 Å². The molecule has 1 N–H and O–H groups in total. The van der Waals surface area contributed by atoms with E-state index in [1.165, 1.54) is 28.5 Å². The highest BCUT2D eigenvalue weighted by atomic mass is 32.1. The van der Waals surface area contributed by atoms with E-state index in [1.54, 1.807) is 0 Å². The van der Waals surface area contributed by atoms with Gasteiger partial charge in [-0.15, -0.1) is 11.3 Å². The Morgan fingerprint density at radius 1 is 1.38 bits per heavy atom. The van der Waals surface area contributed by atoms with Crippen LogP contribution in [0.25, 0.3) is 0 Å². The van der Waals surface area contributed by atoms with Crippen LogP contribution in [0, 0.1) is 0 Å². The number of nitrogens with one attached hydrogen (secondary N) is 1. The van der Waals surface area contributed by atoms with E-state index in [1.807, 2.05) is 11.3 Å². The number of aromatic nitrogens is 1. The average Bonchev–Trinajstić information content (AvgIpc) is 3.13. The fourth-order valence-corrected chi connectivity index (χ4v) is 3.95. The molecular weight excluding hydrogens is 282 g/mol. The maximum Gasteiger partial charge on any atom is 0.186 e. The lowest BCUT2D eigenvalue weighted by atomic mass is 9.91. The molecule has 5 heteroatoms. The van der Waals surface area contributed by atoms with E-state index in [2.05, 4.69) is 37.9 Å². The number of hydrogen-bond acceptors (Lipinski definition) is 5. The van der Waals surface area contributed by atoms with Gasteiger partial charge in [-0.1, -0.05) is 20.8 Å². The molecule has 2 heterocycles. The van der Waals surface area contributed by atoms with Crippen LogP contribution in [0.5, 0.6) is 0 Å². The van der Waals surface area contributed by atoms with Crippen LogP contribution in [0.15, 0.2) is 0 Å². The molecule has 0 spiro atoms. The van der Waals surface area contributed by atoms with Gasteiger partial charge in [0.05, 0.1) is 18.4 Å². The summed E-state index contributed by atoms with van der Waals surface area (Å²) >= 11 is 1.86. The molecule has 21 heavy (non-hydrogen) atoms. The van der Waals surface area contributed by atoms with Gasteiger partial charge in [-0.2, -0.15) is 0 Å². The van der Waals surface area contributed by atoms with Crippen molar-refractivity contribution in [3.8, 4) is 0 Å². The Bertz CT molecular complexity index is 490. The van der Waals surface area contributed by atoms with Gasteiger partial charge in [0.15, 0.2) is 5.13 Å². The Morgan fingerprint density at radius 3 is 2.76 bits per heavy atom. The van der Waals surface area contributed by atoms with Gasteiger partial charge in [0, 0.05) is 36.0 Å². The Morgan fingerprint density at radius 2 is 2.14 bits per heavy atom. The number of morpholine rings is 1. The molecular formula is C16H27N3OS. The van der Waals surface area contributed by atoms with Crippen LogP contribution in [-0.2, 0) is 16.7 Å². The van der Waals surface area contributed by atoms with Crippen LogP contribution in [0.2, 0.25) is 0 Å². The van der Waals surface area contributed by atoms with E-state index in [-0.39, 0.29) is 5.41 Å². The van der Waals surface area contributed by atoms with Gasteiger partial charge < -0.3 is 15.0 Å². The first-order chi connectivity index (χ1) is 9.93. The van der Waals surface area contributed by atoms with Crippen LogP contribution in [-0.4, -0.2) is 36.8 Å². The standard InChI is InChI=1S/C16H27N3OS/c1-11-10-19(7-8-20-11)15-18-14(16(2,3)4)13(21-15)9-17-12-5-6-12/h11-12,17H,5-10H2,1-4H3. The first kappa shape index (κ1) is 15.3. The lowest BCUT2D eigenvalue weighted by Crippen LogP contribution is -2.41. The quantitative estimate of drug-likeness (QED) is 0.928. The maximum atomic E-state index is 5.64. The molecule has 118 valence electrons. The fourth-order valence-electron chi connectivity index (χ4n) is 2.70. The molecule has 0 radical (unpaired) electrons. The first-order valence-electron chi connectivity index (χ1n) is 8.03. The highest BCUT2D eigenvalue weighted by Gasteiger charge is 2.28. The zero-order chi connectivity index (χ0) is 15.0. The number of anilines is 1. The lowest BCUT2D eigenvalue weighted by molar-refractivity contribution is 0.0532. The molecule has 1 aromatic heterocycles. The molecule has 1 unspecified atom stereocenters. The molecule has 3 rings (SSSR count). The second kappa shape index (κ2) is 5.86. The number of hydrogen-bond donors (Lipinski definition) is 1. The molecule has 1 atom stereocenters. The molecule has 0 aromatic carbocycles. The topological polar surface area (TPSA) is 37.4 Å². The number of nitrogens with zero attached hydrogens (tertiary/aromatic N) is 2. The van der Waals surface area contributed by atoms with Crippen LogP contribution >= 0.6 is 11.3 Å². The van der Waals surface area contributed by atoms with Crippen molar-refractivity contribution in [3.63, 3.8) is 0 Å². The van der Waals surface area contributed by atoms with Gasteiger partial charge >= 0.3 is 0 Å². The van der Waals surface area contributed by atoms with Crippen molar-refractivity contribution in [3.05, 3.63) is 10.6 Å². The zero-order valence-corrected chi connectivity index (χ0v) is 14.4. The highest BCUT2D eigenvalue weighted by Crippen LogP contribution is 2.35. The monoisotopic (exact) mass is 309 g/mol. The molecule has 1 aliphatic heterocycles. The van der Waals surface area contributed by atoms with Crippen molar-refractivity contribution in [1.82, 2.24) is 10.3 Å². The van der Waals surface area contributed by atoms with Crippen molar-refractivity contribution in [1.29, 1.82) is 0 Å². The van der Waals surface area contributed by atoms with Crippen LogP contribution < -0.4 is 10.2 Å². The van der Waals surface area contributed by atoms with Crippen molar-refractivity contribution >= 4 is 16.5 Å². The van der Waals surface area contributed by atoms with E-state index in [0.29, 0.717) is 6.10 Å². The Labute approximate surface area is 131 Å². The van der Waals surface area contributed by atoms with Crippen LogP contribution in [0.4, 0.5) is 5.13 Å². The largest absolute Gasteiger partial charge is 0.375 e. The predicted octanol–water partition coefficient (Wildman–Crippen LogP) is 2.92.